The molecular formula is C3H3BrF3NO. The molecule has 2 nitrogen and oxygen atoms in total. The molecule has 54 valence electrons. The molecule has 1 atom stereocenters. The van der Waals surface area contributed by atoms with Crippen molar-refractivity contribution in [1.82, 2.24) is 0 Å². The second-order valence-corrected chi connectivity index (χ2v) is 2.42. The first-order valence-electron chi connectivity index (χ1n) is 1.99. The van der Waals surface area contributed by atoms with E-state index in [1.165, 1.54) is 0 Å². The van der Waals surface area contributed by atoms with Gasteiger partial charge in [-0.1, -0.05) is 21.1 Å². The quantitative estimate of drug-likeness (QED) is 0.387. The third-order valence-electron chi connectivity index (χ3n) is 0.514. The largest absolute Gasteiger partial charge is 0.392 e. The maximum absolute atomic E-state index is 11.3. The molecule has 0 aromatic carbocycles. The standard InChI is InChI=1S/C3H3BrF3NO/c4-2(8-9)1-3(5,6)7/h2H,1H2. The van der Waals surface area contributed by atoms with Crippen molar-refractivity contribution in [3.8, 4) is 0 Å². The van der Waals surface area contributed by atoms with Gasteiger partial charge in [-0.25, -0.2) is 0 Å². The van der Waals surface area contributed by atoms with Gasteiger partial charge in [0.05, 0.1) is 6.42 Å². The van der Waals surface area contributed by atoms with Crippen LogP contribution in [0.4, 0.5) is 13.2 Å². The molecule has 0 aliphatic carbocycles. The highest BCUT2D eigenvalue weighted by Gasteiger charge is 2.31. The SMILES string of the molecule is O=NC(Br)CC(F)(F)F. The number of nitroso groups, excluding NO2 is 1. The van der Waals surface area contributed by atoms with Crippen LogP contribution in [0, 0.1) is 4.91 Å². The van der Waals surface area contributed by atoms with Crippen LogP contribution in [-0.2, 0) is 0 Å². The molecule has 0 saturated carbocycles. The van der Waals surface area contributed by atoms with Crippen molar-refractivity contribution in [3.63, 3.8) is 0 Å². The van der Waals surface area contributed by atoms with Crippen LogP contribution in [0.25, 0.3) is 0 Å². The van der Waals surface area contributed by atoms with E-state index in [0.717, 1.165) is 0 Å². The first-order chi connectivity index (χ1) is 3.95. The molecule has 0 aliphatic rings. The molecule has 9 heavy (non-hydrogen) atoms. The van der Waals surface area contributed by atoms with Gasteiger partial charge in [-0.2, -0.15) is 13.2 Å². The molecule has 0 aromatic rings. The molecule has 0 fully saturated rings. The summed E-state index contributed by atoms with van der Waals surface area (Å²) in [7, 11) is 0. The Bertz CT molecular complexity index is 104. The van der Waals surface area contributed by atoms with Crippen LogP contribution in [0.15, 0.2) is 5.18 Å². The molecule has 0 bridgehead atoms. The Morgan fingerprint density at radius 3 is 2.11 bits per heavy atom. The highest BCUT2D eigenvalue weighted by Crippen LogP contribution is 2.25. The summed E-state index contributed by atoms with van der Waals surface area (Å²) in [4.78, 5) is 8.04. The van der Waals surface area contributed by atoms with Crippen LogP contribution in [0.5, 0.6) is 0 Å². The number of rotatable bonds is 2. The van der Waals surface area contributed by atoms with E-state index < -0.39 is 17.5 Å². The van der Waals surface area contributed by atoms with Crippen LogP contribution < -0.4 is 0 Å². The van der Waals surface area contributed by atoms with E-state index in [-0.39, 0.29) is 0 Å². The molecule has 0 aromatic heterocycles. The van der Waals surface area contributed by atoms with Gasteiger partial charge in [-0.15, -0.1) is 4.91 Å². The maximum atomic E-state index is 11.3. The Balaban J connectivity index is 3.59. The van der Waals surface area contributed by atoms with Crippen LogP contribution in [0.3, 0.4) is 0 Å². The second-order valence-electron chi connectivity index (χ2n) is 1.36. The Hall–Kier alpha value is -0.130. The van der Waals surface area contributed by atoms with Gasteiger partial charge in [0.25, 0.3) is 0 Å². The number of halogens is 4. The van der Waals surface area contributed by atoms with Crippen molar-refractivity contribution in [1.29, 1.82) is 0 Å². The lowest BCUT2D eigenvalue weighted by molar-refractivity contribution is -0.133. The second kappa shape index (κ2) is 3.14. The molecule has 0 N–H and O–H groups in total. The van der Waals surface area contributed by atoms with E-state index in [4.69, 9.17) is 0 Å². The normalized spacial score (nSPS) is 15.1. The minimum Gasteiger partial charge on any atom is -0.171 e. The minimum atomic E-state index is -4.32. The zero-order chi connectivity index (χ0) is 7.49. The highest BCUT2D eigenvalue weighted by molar-refractivity contribution is 9.09. The summed E-state index contributed by atoms with van der Waals surface area (Å²) in [6.07, 6.45) is -5.53. The van der Waals surface area contributed by atoms with Crippen molar-refractivity contribution in [3.05, 3.63) is 4.91 Å². The fraction of sp³-hybridized carbons (Fsp3) is 1.00. The molecule has 1 unspecified atom stereocenters. The Labute approximate surface area is 57.5 Å². The van der Waals surface area contributed by atoms with Gasteiger partial charge in [0.2, 0.25) is 0 Å². The summed E-state index contributed by atoms with van der Waals surface area (Å²) in [6.45, 7) is 0. The zero-order valence-electron chi connectivity index (χ0n) is 4.15. The van der Waals surface area contributed by atoms with Gasteiger partial charge in [-0.3, -0.25) is 0 Å². The fourth-order valence-electron chi connectivity index (χ4n) is 0.228. The van der Waals surface area contributed by atoms with Gasteiger partial charge in [0, 0.05) is 0 Å². The smallest absolute Gasteiger partial charge is 0.171 e. The summed E-state index contributed by atoms with van der Waals surface area (Å²) >= 11 is 2.41. The maximum Gasteiger partial charge on any atom is 0.392 e. The summed E-state index contributed by atoms with van der Waals surface area (Å²) in [5.74, 6) is 0. The third-order valence-corrected chi connectivity index (χ3v) is 1.01. The van der Waals surface area contributed by atoms with E-state index in [1.807, 2.05) is 0 Å². The Kier molecular flexibility index (Phi) is 3.10. The number of alkyl halides is 4. The van der Waals surface area contributed by atoms with Gasteiger partial charge in [-0.05, 0) is 0 Å². The topological polar surface area (TPSA) is 29.4 Å². The van der Waals surface area contributed by atoms with E-state index in [1.54, 1.807) is 0 Å². The lowest BCUT2D eigenvalue weighted by Gasteiger charge is -2.04. The average Bonchev–Trinajstić information content (AvgIpc) is 1.62. The minimum absolute atomic E-state index is 1.21. The van der Waals surface area contributed by atoms with Crippen molar-refractivity contribution >= 4 is 15.9 Å². The highest BCUT2D eigenvalue weighted by atomic mass is 79.9. The van der Waals surface area contributed by atoms with Crippen LogP contribution in [-0.4, -0.2) is 11.1 Å². The molecule has 0 rings (SSSR count). The van der Waals surface area contributed by atoms with Gasteiger partial charge in [0.1, 0.15) is 0 Å². The molecular weight excluding hydrogens is 203 g/mol. The summed E-state index contributed by atoms with van der Waals surface area (Å²) < 4.78 is 33.8. The molecule has 0 amide bonds. The number of nitrogens with zero attached hydrogens (tertiary/aromatic N) is 1. The lowest BCUT2D eigenvalue weighted by atomic mass is 10.4. The number of hydrogen-bond donors (Lipinski definition) is 0. The Morgan fingerprint density at radius 2 is 2.00 bits per heavy atom. The summed E-state index contributed by atoms with van der Waals surface area (Å²) in [6, 6.07) is 0. The van der Waals surface area contributed by atoms with Crippen molar-refractivity contribution in [2.45, 2.75) is 17.5 Å². The molecule has 6 heteroatoms. The van der Waals surface area contributed by atoms with Gasteiger partial charge < -0.3 is 0 Å². The predicted octanol–water partition coefficient (Wildman–Crippen LogP) is 2.43. The van der Waals surface area contributed by atoms with Crippen molar-refractivity contribution in [2.24, 2.45) is 5.18 Å². The first kappa shape index (κ1) is 8.87. The molecule has 0 saturated heterocycles. The first-order valence-corrected chi connectivity index (χ1v) is 2.90. The van der Waals surface area contributed by atoms with Gasteiger partial charge >= 0.3 is 6.18 Å². The third kappa shape index (κ3) is 5.75. The zero-order valence-corrected chi connectivity index (χ0v) is 5.74. The van der Waals surface area contributed by atoms with E-state index in [0.29, 0.717) is 0 Å². The molecule has 0 aliphatic heterocycles. The average molecular weight is 206 g/mol. The van der Waals surface area contributed by atoms with E-state index in [9.17, 15) is 18.1 Å². The van der Waals surface area contributed by atoms with Crippen molar-refractivity contribution < 1.29 is 13.2 Å². The van der Waals surface area contributed by atoms with Crippen LogP contribution in [0.2, 0.25) is 0 Å². The summed E-state index contributed by atoms with van der Waals surface area (Å²) in [5, 5.41) is 2.12. The lowest BCUT2D eigenvalue weighted by Crippen LogP contribution is -2.12. The van der Waals surface area contributed by atoms with E-state index in [2.05, 4.69) is 21.1 Å². The molecule has 0 radical (unpaired) electrons. The summed E-state index contributed by atoms with van der Waals surface area (Å²) in [5.41, 5.74) is 0. The predicted molar refractivity (Wildman–Crippen MR) is 29.2 cm³/mol. The number of hydrogen-bond acceptors (Lipinski definition) is 2. The van der Waals surface area contributed by atoms with Crippen LogP contribution in [0.1, 0.15) is 6.42 Å². The molecule has 0 heterocycles. The van der Waals surface area contributed by atoms with E-state index >= 15 is 0 Å². The van der Waals surface area contributed by atoms with Crippen molar-refractivity contribution in [2.75, 3.05) is 0 Å². The molecule has 0 spiro atoms. The Morgan fingerprint density at radius 1 is 1.56 bits per heavy atom. The van der Waals surface area contributed by atoms with Gasteiger partial charge in [0.15, 0.2) is 4.95 Å². The van der Waals surface area contributed by atoms with Crippen LogP contribution >= 0.6 is 15.9 Å². The fourth-order valence-corrected chi connectivity index (χ4v) is 0.595. The monoisotopic (exact) mass is 205 g/mol.